The monoisotopic (exact) mass is 354 g/mol. The Bertz CT molecular complexity index is 651. The van der Waals surface area contributed by atoms with E-state index in [1.54, 1.807) is 0 Å². The molecule has 1 aromatic heterocycles. The smallest absolute Gasteiger partial charge is 0.338 e. The number of carbonyl (C=O) groups is 1. The summed E-state index contributed by atoms with van der Waals surface area (Å²) in [4.78, 5) is 19.1. The van der Waals surface area contributed by atoms with E-state index >= 15 is 0 Å². The summed E-state index contributed by atoms with van der Waals surface area (Å²) < 4.78 is 0. The van der Waals surface area contributed by atoms with Gasteiger partial charge in [-0.05, 0) is 18.4 Å². The van der Waals surface area contributed by atoms with E-state index < -0.39 is 5.97 Å². The van der Waals surface area contributed by atoms with E-state index in [0.717, 1.165) is 12.0 Å². The largest absolute Gasteiger partial charge is 0.478 e. The number of hydrogen-bond donors (Lipinski definition) is 1. The molecule has 1 heterocycles. The Labute approximate surface area is 156 Å². The van der Waals surface area contributed by atoms with E-state index in [4.69, 9.17) is 5.11 Å². The second-order valence-electron chi connectivity index (χ2n) is 6.88. The predicted octanol–water partition coefficient (Wildman–Crippen LogP) is 5.92. The number of aromatic nitrogens is 2. The summed E-state index contributed by atoms with van der Waals surface area (Å²) in [6.45, 7) is 2.26. The molecular formula is C22H30N2O2. The van der Waals surface area contributed by atoms with Gasteiger partial charge in [0.2, 0.25) is 0 Å². The summed E-state index contributed by atoms with van der Waals surface area (Å²) in [5, 5.41) is 8.89. The maximum absolute atomic E-state index is 10.8. The Morgan fingerprint density at radius 2 is 1.38 bits per heavy atom. The lowest BCUT2D eigenvalue weighted by Gasteiger charge is -2.05. The molecule has 0 amide bonds. The summed E-state index contributed by atoms with van der Waals surface area (Å²) in [6, 6.07) is 8.26. The standard InChI is InChI=1S/C22H30N2O2/c1-2-3-4-5-6-7-8-9-10-11-18-12-14-19(15-13-18)21-23-16-20(17-24-21)22(25)26/h12-17H,2-11H2,1H3,(H,25,26). The molecule has 0 saturated heterocycles. The Morgan fingerprint density at radius 3 is 1.92 bits per heavy atom. The first-order chi connectivity index (χ1) is 12.7. The van der Waals surface area contributed by atoms with E-state index in [1.807, 2.05) is 12.1 Å². The maximum Gasteiger partial charge on any atom is 0.338 e. The zero-order valence-corrected chi connectivity index (χ0v) is 15.8. The van der Waals surface area contributed by atoms with Crippen molar-refractivity contribution >= 4 is 5.97 Å². The number of aromatic carboxylic acids is 1. The van der Waals surface area contributed by atoms with Gasteiger partial charge in [-0.1, -0.05) is 82.6 Å². The van der Waals surface area contributed by atoms with Crippen molar-refractivity contribution in [2.45, 2.75) is 71.1 Å². The van der Waals surface area contributed by atoms with E-state index in [0.29, 0.717) is 5.82 Å². The third kappa shape index (κ3) is 6.95. The van der Waals surface area contributed by atoms with Gasteiger partial charge in [-0.3, -0.25) is 0 Å². The van der Waals surface area contributed by atoms with Crippen molar-refractivity contribution in [3.63, 3.8) is 0 Å². The zero-order valence-electron chi connectivity index (χ0n) is 15.8. The summed E-state index contributed by atoms with van der Waals surface area (Å²) in [5.74, 6) is -0.447. The molecule has 2 aromatic rings. The van der Waals surface area contributed by atoms with Crippen LogP contribution in [0.15, 0.2) is 36.7 Å². The SMILES string of the molecule is CCCCCCCCCCCc1ccc(-c2ncc(C(=O)O)cn2)cc1. The Balaban J connectivity index is 1.68. The van der Waals surface area contributed by atoms with Crippen molar-refractivity contribution in [1.82, 2.24) is 9.97 Å². The topological polar surface area (TPSA) is 63.1 Å². The molecule has 4 heteroatoms. The molecule has 0 spiro atoms. The van der Waals surface area contributed by atoms with Crippen LogP contribution in [-0.4, -0.2) is 21.0 Å². The summed E-state index contributed by atoms with van der Waals surface area (Å²) in [5.41, 5.74) is 2.35. The number of unbranched alkanes of at least 4 members (excludes halogenated alkanes) is 8. The second kappa shape index (κ2) is 11.4. The minimum atomic E-state index is -1.01. The van der Waals surface area contributed by atoms with Crippen LogP contribution in [-0.2, 0) is 6.42 Å². The molecule has 0 unspecified atom stereocenters. The van der Waals surface area contributed by atoms with Gasteiger partial charge in [-0.25, -0.2) is 14.8 Å². The molecule has 0 fully saturated rings. The van der Waals surface area contributed by atoms with E-state index in [2.05, 4.69) is 29.0 Å². The van der Waals surface area contributed by atoms with Crippen LogP contribution in [0.3, 0.4) is 0 Å². The first-order valence-electron chi connectivity index (χ1n) is 9.85. The van der Waals surface area contributed by atoms with Crippen molar-refractivity contribution in [1.29, 1.82) is 0 Å². The maximum atomic E-state index is 10.8. The molecule has 0 aliphatic rings. The lowest BCUT2D eigenvalue weighted by molar-refractivity contribution is 0.0696. The minimum absolute atomic E-state index is 0.107. The van der Waals surface area contributed by atoms with Gasteiger partial charge in [0.05, 0.1) is 5.56 Å². The first kappa shape index (κ1) is 20.1. The van der Waals surface area contributed by atoms with Crippen molar-refractivity contribution in [2.75, 3.05) is 0 Å². The molecule has 4 nitrogen and oxygen atoms in total. The lowest BCUT2D eigenvalue weighted by Crippen LogP contribution is -1.99. The molecular weight excluding hydrogens is 324 g/mol. The average molecular weight is 354 g/mol. The van der Waals surface area contributed by atoms with Crippen molar-refractivity contribution < 1.29 is 9.90 Å². The third-order valence-corrected chi connectivity index (χ3v) is 4.68. The Morgan fingerprint density at radius 1 is 0.846 bits per heavy atom. The van der Waals surface area contributed by atoms with Gasteiger partial charge in [0.1, 0.15) is 0 Å². The molecule has 1 N–H and O–H groups in total. The molecule has 0 atom stereocenters. The molecule has 0 saturated carbocycles. The van der Waals surface area contributed by atoms with Crippen LogP contribution in [0.25, 0.3) is 11.4 Å². The molecule has 0 aliphatic carbocycles. The van der Waals surface area contributed by atoms with Gasteiger partial charge >= 0.3 is 5.97 Å². The first-order valence-corrected chi connectivity index (χ1v) is 9.85. The third-order valence-electron chi connectivity index (χ3n) is 4.68. The number of nitrogens with zero attached hydrogens (tertiary/aromatic N) is 2. The van der Waals surface area contributed by atoms with Gasteiger partial charge in [0.25, 0.3) is 0 Å². The van der Waals surface area contributed by atoms with Gasteiger partial charge in [-0.15, -0.1) is 0 Å². The highest BCUT2D eigenvalue weighted by Gasteiger charge is 2.06. The van der Waals surface area contributed by atoms with E-state index in [1.165, 1.54) is 75.7 Å². The summed E-state index contributed by atoms with van der Waals surface area (Å²) in [7, 11) is 0. The second-order valence-corrected chi connectivity index (χ2v) is 6.88. The predicted molar refractivity (Wildman–Crippen MR) is 105 cm³/mol. The Hall–Kier alpha value is -2.23. The minimum Gasteiger partial charge on any atom is -0.478 e. The average Bonchev–Trinajstić information content (AvgIpc) is 2.67. The van der Waals surface area contributed by atoms with Gasteiger partial charge in [0, 0.05) is 18.0 Å². The highest BCUT2D eigenvalue weighted by atomic mass is 16.4. The normalized spacial score (nSPS) is 10.8. The molecule has 0 aliphatic heterocycles. The number of hydrogen-bond acceptors (Lipinski definition) is 3. The number of rotatable bonds is 12. The van der Waals surface area contributed by atoms with Crippen LogP contribution in [0.2, 0.25) is 0 Å². The summed E-state index contributed by atoms with van der Waals surface area (Å²) >= 11 is 0. The van der Waals surface area contributed by atoms with Crippen molar-refractivity contribution in [3.05, 3.63) is 47.8 Å². The fraction of sp³-hybridized carbons (Fsp3) is 0.500. The van der Waals surface area contributed by atoms with Gasteiger partial charge < -0.3 is 5.11 Å². The van der Waals surface area contributed by atoms with E-state index in [-0.39, 0.29) is 5.56 Å². The Kier molecular flexibility index (Phi) is 8.81. The van der Waals surface area contributed by atoms with Crippen LogP contribution < -0.4 is 0 Å². The molecule has 0 bridgehead atoms. The van der Waals surface area contributed by atoms with Crippen molar-refractivity contribution in [2.24, 2.45) is 0 Å². The zero-order chi connectivity index (χ0) is 18.6. The van der Waals surface area contributed by atoms with Gasteiger partial charge in [0.15, 0.2) is 5.82 Å². The summed E-state index contributed by atoms with van der Waals surface area (Å²) in [6.07, 6.45) is 15.9. The van der Waals surface area contributed by atoms with Crippen molar-refractivity contribution in [3.8, 4) is 11.4 Å². The quantitative estimate of drug-likeness (QED) is 0.481. The number of benzene rings is 1. The number of carboxylic acids is 1. The van der Waals surface area contributed by atoms with Crippen LogP contribution in [0.4, 0.5) is 0 Å². The molecule has 26 heavy (non-hydrogen) atoms. The molecule has 0 radical (unpaired) electrons. The van der Waals surface area contributed by atoms with Crippen LogP contribution in [0.5, 0.6) is 0 Å². The highest BCUT2D eigenvalue weighted by Crippen LogP contribution is 2.17. The number of aryl methyl sites for hydroxylation is 1. The molecule has 2 rings (SSSR count). The van der Waals surface area contributed by atoms with Crippen LogP contribution in [0, 0.1) is 0 Å². The fourth-order valence-electron chi connectivity index (χ4n) is 3.05. The lowest BCUT2D eigenvalue weighted by atomic mass is 10.0. The van der Waals surface area contributed by atoms with Gasteiger partial charge in [-0.2, -0.15) is 0 Å². The number of carboxylic acid groups (broad SMARTS) is 1. The van der Waals surface area contributed by atoms with E-state index in [9.17, 15) is 4.79 Å². The van der Waals surface area contributed by atoms with Crippen LogP contribution in [0.1, 0.15) is 80.6 Å². The van der Waals surface area contributed by atoms with Crippen LogP contribution >= 0.6 is 0 Å². The molecule has 1 aromatic carbocycles. The highest BCUT2D eigenvalue weighted by molar-refractivity contribution is 5.86. The molecule has 140 valence electrons. The fourth-order valence-corrected chi connectivity index (χ4v) is 3.05.